The number of carbonyl (C=O) groups excluding carboxylic acids is 2. The first-order valence-corrected chi connectivity index (χ1v) is 14.2. The van der Waals surface area contributed by atoms with Gasteiger partial charge in [-0.1, -0.05) is 58.0 Å². The Hall–Kier alpha value is -3.17. The minimum Gasteiger partial charge on any atom is -0.492 e. The summed E-state index contributed by atoms with van der Waals surface area (Å²) in [5, 5.41) is 4.33. The Labute approximate surface area is 230 Å². The van der Waals surface area contributed by atoms with E-state index in [2.05, 4.69) is 30.8 Å². The predicted molar refractivity (Wildman–Crippen MR) is 158 cm³/mol. The zero-order valence-electron chi connectivity index (χ0n) is 23.3. The van der Waals surface area contributed by atoms with Gasteiger partial charge in [-0.05, 0) is 60.6 Å². The summed E-state index contributed by atoms with van der Waals surface area (Å²) < 4.78 is 8.90. The van der Waals surface area contributed by atoms with Crippen LogP contribution >= 0.6 is 11.9 Å². The van der Waals surface area contributed by atoms with E-state index in [-0.39, 0.29) is 28.7 Å². The molecule has 6 N–H and O–H groups in total. The van der Waals surface area contributed by atoms with Crippen LogP contribution in [0.2, 0.25) is 0 Å². The van der Waals surface area contributed by atoms with Gasteiger partial charge >= 0.3 is 0 Å². The summed E-state index contributed by atoms with van der Waals surface area (Å²) in [5.74, 6) is 6.44. The Kier molecular flexibility index (Phi) is 9.73. The molecule has 0 bridgehead atoms. The molecule has 0 aliphatic heterocycles. The second-order valence-electron chi connectivity index (χ2n) is 10.8. The van der Waals surface area contributed by atoms with Crippen LogP contribution in [0.5, 0.6) is 5.75 Å². The van der Waals surface area contributed by atoms with Gasteiger partial charge in [-0.3, -0.25) is 14.6 Å². The smallest absolute Gasteiger partial charge is 0.255 e. The molecule has 1 saturated carbocycles. The lowest BCUT2D eigenvalue weighted by atomic mass is 9.85. The van der Waals surface area contributed by atoms with Crippen LogP contribution in [0.3, 0.4) is 0 Å². The molecule has 0 heterocycles. The molecule has 1 amide bonds. The number of aryl methyl sites for hydroxylation is 1. The zero-order chi connectivity index (χ0) is 28.0. The van der Waals surface area contributed by atoms with Crippen molar-refractivity contribution in [3.05, 3.63) is 58.9 Å². The maximum atomic E-state index is 13.4. The van der Waals surface area contributed by atoms with Gasteiger partial charge in [-0.2, -0.15) is 0 Å². The second-order valence-corrected chi connectivity index (χ2v) is 11.4. The van der Waals surface area contributed by atoms with Crippen molar-refractivity contribution in [3.63, 3.8) is 0 Å². The molecular weight excluding hydrogens is 498 g/mol. The lowest BCUT2D eigenvalue weighted by Gasteiger charge is -2.24. The first-order chi connectivity index (χ1) is 18.0. The average molecular weight is 540 g/mol. The molecular formula is C29H41N5O3S. The average Bonchev–Trinajstić information content (AvgIpc) is 2.88. The number of ether oxygens (including phenoxy) is 1. The highest BCUT2D eigenvalue weighted by Gasteiger charge is 2.24. The van der Waals surface area contributed by atoms with Crippen molar-refractivity contribution in [2.75, 3.05) is 28.4 Å². The van der Waals surface area contributed by atoms with E-state index in [1.54, 1.807) is 19.2 Å². The van der Waals surface area contributed by atoms with Gasteiger partial charge in [0.05, 0.1) is 29.9 Å². The molecule has 0 radical (unpaired) electrons. The van der Waals surface area contributed by atoms with E-state index < -0.39 is 0 Å². The maximum Gasteiger partial charge on any atom is 0.255 e. The molecule has 0 unspecified atom stereocenters. The van der Waals surface area contributed by atoms with Crippen LogP contribution in [0, 0.1) is 12.8 Å². The summed E-state index contributed by atoms with van der Waals surface area (Å²) >= 11 is 1.45. The standard InChI is InChI=1S/C29H41N5O3S/c1-18-12-13-20(14-25(18)34(31)17-22(30)26(35)19-10-8-7-9-11-19)28(36)32-23-15-21(29(2,3)4)16-24(33-38-6)27(23)37-5/h12-17,19,33H,7-11,30-31H2,1-6H3,(H,32,36)/b22-17-. The third kappa shape index (κ3) is 7.02. The third-order valence-electron chi connectivity index (χ3n) is 6.91. The Morgan fingerprint density at radius 2 is 1.76 bits per heavy atom. The van der Waals surface area contributed by atoms with Crippen molar-refractivity contribution in [1.29, 1.82) is 0 Å². The highest BCUT2D eigenvalue weighted by Crippen LogP contribution is 2.40. The number of Topliss-reactive ketones (excluding diaryl/α,β-unsaturated/α-hetero) is 1. The number of benzene rings is 2. The highest BCUT2D eigenvalue weighted by molar-refractivity contribution is 7.99. The van der Waals surface area contributed by atoms with Gasteiger partial charge in [0.25, 0.3) is 5.91 Å². The molecule has 8 nitrogen and oxygen atoms in total. The van der Waals surface area contributed by atoms with Crippen molar-refractivity contribution in [1.82, 2.24) is 0 Å². The van der Waals surface area contributed by atoms with E-state index in [0.717, 1.165) is 48.9 Å². The molecule has 38 heavy (non-hydrogen) atoms. The summed E-state index contributed by atoms with van der Waals surface area (Å²) in [5.41, 5.74) is 10.4. The van der Waals surface area contributed by atoms with E-state index in [4.69, 9.17) is 16.3 Å². The topological polar surface area (TPSA) is 123 Å². The van der Waals surface area contributed by atoms with Crippen LogP contribution in [0.25, 0.3) is 0 Å². The molecule has 0 atom stereocenters. The van der Waals surface area contributed by atoms with Crippen LogP contribution in [0.4, 0.5) is 17.1 Å². The summed E-state index contributed by atoms with van der Waals surface area (Å²) in [7, 11) is 1.58. The number of hydrogen-bond acceptors (Lipinski definition) is 8. The van der Waals surface area contributed by atoms with Crippen LogP contribution in [-0.4, -0.2) is 25.1 Å². The van der Waals surface area contributed by atoms with E-state index in [9.17, 15) is 9.59 Å². The number of nitrogens with one attached hydrogen (secondary N) is 2. The van der Waals surface area contributed by atoms with Crippen molar-refractivity contribution in [2.45, 2.75) is 65.2 Å². The minimum absolute atomic E-state index is 0.0454. The van der Waals surface area contributed by atoms with Gasteiger partial charge in [-0.25, -0.2) is 5.84 Å². The molecule has 3 rings (SSSR count). The number of ketones is 1. The number of rotatable bonds is 9. The quantitative estimate of drug-likeness (QED) is 0.135. The maximum absolute atomic E-state index is 13.4. The summed E-state index contributed by atoms with van der Waals surface area (Å²) in [6.45, 7) is 8.23. The number of nitrogens with zero attached hydrogens (tertiary/aromatic N) is 1. The largest absolute Gasteiger partial charge is 0.492 e. The number of hydrazine groups is 1. The Morgan fingerprint density at radius 3 is 2.37 bits per heavy atom. The fraction of sp³-hybridized carbons (Fsp3) is 0.448. The van der Waals surface area contributed by atoms with Crippen LogP contribution < -0.4 is 31.4 Å². The number of anilines is 3. The third-order valence-corrected chi connectivity index (χ3v) is 7.33. The molecule has 0 aromatic heterocycles. The molecule has 1 aliphatic rings. The molecule has 2 aromatic carbocycles. The van der Waals surface area contributed by atoms with Crippen molar-refractivity contribution < 1.29 is 14.3 Å². The molecule has 1 fully saturated rings. The highest BCUT2D eigenvalue weighted by atomic mass is 32.2. The number of carbonyl (C=O) groups is 2. The fourth-order valence-electron chi connectivity index (χ4n) is 4.67. The number of allylic oxidation sites excluding steroid dienone is 1. The van der Waals surface area contributed by atoms with Gasteiger partial charge in [0.2, 0.25) is 0 Å². The predicted octanol–water partition coefficient (Wildman–Crippen LogP) is 5.87. The first-order valence-electron chi connectivity index (χ1n) is 12.9. The Bertz CT molecular complexity index is 1200. The van der Waals surface area contributed by atoms with Gasteiger partial charge in [0.15, 0.2) is 11.5 Å². The van der Waals surface area contributed by atoms with Crippen LogP contribution in [0.1, 0.15) is 74.4 Å². The summed E-state index contributed by atoms with van der Waals surface area (Å²) in [4.78, 5) is 26.2. The Balaban J connectivity index is 1.88. The lowest BCUT2D eigenvalue weighted by molar-refractivity contribution is -0.120. The normalized spacial score (nSPS) is 14.7. The molecule has 1 aliphatic carbocycles. The van der Waals surface area contributed by atoms with Gasteiger partial charge in [0, 0.05) is 23.9 Å². The minimum atomic E-state index is -0.311. The van der Waals surface area contributed by atoms with Gasteiger partial charge in [0.1, 0.15) is 0 Å². The van der Waals surface area contributed by atoms with E-state index in [0.29, 0.717) is 22.7 Å². The summed E-state index contributed by atoms with van der Waals surface area (Å²) in [6, 6.07) is 9.23. The molecule has 0 saturated heterocycles. The fourth-order valence-corrected chi connectivity index (χ4v) is 5.04. The molecule has 9 heteroatoms. The lowest BCUT2D eigenvalue weighted by Crippen LogP contribution is -2.31. The molecule has 2 aromatic rings. The van der Waals surface area contributed by atoms with Crippen LogP contribution in [0.15, 0.2) is 42.2 Å². The Morgan fingerprint density at radius 1 is 1.11 bits per heavy atom. The van der Waals surface area contributed by atoms with Gasteiger partial charge in [-0.15, -0.1) is 0 Å². The SMILES string of the molecule is COc1c(NSC)cc(C(C)(C)C)cc1NC(=O)c1ccc(C)c(N(N)/C=C(\N)C(=O)C2CCCCC2)c1. The first kappa shape index (κ1) is 29.4. The van der Waals surface area contributed by atoms with E-state index in [1.807, 2.05) is 31.4 Å². The van der Waals surface area contributed by atoms with Crippen molar-refractivity contribution in [3.8, 4) is 5.75 Å². The summed E-state index contributed by atoms with van der Waals surface area (Å²) in [6.07, 6.45) is 8.36. The number of amides is 1. The van der Waals surface area contributed by atoms with E-state index >= 15 is 0 Å². The van der Waals surface area contributed by atoms with Crippen molar-refractivity contribution >= 4 is 40.7 Å². The van der Waals surface area contributed by atoms with Gasteiger partial charge < -0.3 is 20.5 Å². The number of nitrogens with two attached hydrogens (primary N) is 2. The zero-order valence-corrected chi connectivity index (χ0v) is 24.1. The molecule has 206 valence electrons. The number of hydrogen-bond donors (Lipinski definition) is 4. The van der Waals surface area contributed by atoms with E-state index in [1.165, 1.54) is 23.2 Å². The van der Waals surface area contributed by atoms with Crippen LogP contribution in [-0.2, 0) is 10.2 Å². The second kappa shape index (κ2) is 12.6. The molecule has 0 spiro atoms. The monoisotopic (exact) mass is 539 g/mol. The number of methoxy groups -OCH3 is 1. The van der Waals surface area contributed by atoms with Crippen molar-refractivity contribution in [2.24, 2.45) is 17.5 Å².